The quantitative estimate of drug-likeness (QED) is 0.431. The first-order valence-corrected chi connectivity index (χ1v) is 10.0. The molecule has 0 amide bonds. The summed E-state index contributed by atoms with van der Waals surface area (Å²) in [5, 5.41) is 0. The van der Waals surface area contributed by atoms with Crippen molar-refractivity contribution in [2.24, 2.45) is 0 Å². The second-order valence-corrected chi connectivity index (χ2v) is 6.68. The van der Waals surface area contributed by atoms with Crippen molar-refractivity contribution in [3.63, 3.8) is 0 Å². The summed E-state index contributed by atoms with van der Waals surface area (Å²) in [6, 6.07) is 8.01. The van der Waals surface area contributed by atoms with Crippen LogP contribution < -0.4 is 10.3 Å². The van der Waals surface area contributed by atoms with Crippen LogP contribution in [0.2, 0.25) is 0 Å². The number of ether oxygens (including phenoxy) is 1. The van der Waals surface area contributed by atoms with E-state index in [0.717, 1.165) is 17.5 Å². The lowest BCUT2D eigenvalue weighted by Gasteiger charge is -2.13. The van der Waals surface area contributed by atoms with E-state index >= 15 is 0 Å². The molecule has 0 aliphatic heterocycles. The number of hydrogen-bond donors (Lipinski definition) is 0. The van der Waals surface area contributed by atoms with E-state index in [-0.39, 0.29) is 11.5 Å². The fourth-order valence-corrected chi connectivity index (χ4v) is 3.10. The monoisotopic (exact) mass is 393 g/mol. The molecule has 0 spiro atoms. The standard InChI is InChI=1S/C25H31NO3/c1-5-7-8-9-14-21-15-10-11-17-23(21)24-19-26(28-4)18-22(25(24)27)16-12-13-20(3)29-6-2/h5,7-13,15,17-20H,6,14,16H2,1-4H3. The highest BCUT2D eigenvalue weighted by Gasteiger charge is 2.12. The van der Waals surface area contributed by atoms with Crippen LogP contribution in [0.4, 0.5) is 0 Å². The molecule has 2 aromatic rings. The van der Waals surface area contributed by atoms with Gasteiger partial charge < -0.3 is 9.57 Å². The molecule has 0 aliphatic rings. The molecule has 29 heavy (non-hydrogen) atoms. The third kappa shape index (κ3) is 6.61. The predicted molar refractivity (Wildman–Crippen MR) is 120 cm³/mol. The highest BCUT2D eigenvalue weighted by molar-refractivity contribution is 5.67. The normalized spacial score (nSPS) is 13.0. The van der Waals surface area contributed by atoms with Gasteiger partial charge in [0.05, 0.1) is 18.5 Å². The number of benzene rings is 1. The first kappa shape index (κ1) is 22.4. The summed E-state index contributed by atoms with van der Waals surface area (Å²) in [5.41, 5.74) is 3.39. The number of nitrogens with zero attached hydrogens (tertiary/aromatic N) is 1. The van der Waals surface area contributed by atoms with Crippen molar-refractivity contribution in [1.82, 2.24) is 4.73 Å². The molecule has 1 heterocycles. The lowest BCUT2D eigenvalue weighted by molar-refractivity contribution is 0.109. The molecule has 0 N–H and O–H groups in total. The van der Waals surface area contributed by atoms with Gasteiger partial charge in [-0.05, 0) is 44.7 Å². The maximum Gasteiger partial charge on any atom is 0.193 e. The molecule has 4 nitrogen and oxygen atoms in total. The van der Waals surface area contributed by atoms with E-state index < -0.39 is 0 Å². The summed E-state index contributed by atoms with van der Waals surface area (Å²) in [6.07, 6.45) is 16.9. The highest BCUT2D eigenvalue weighted by Crippen LogP contribution is 2.22. The Morgan fingerprint density at radius 2 is 1.79 bits per heavy atom. The molecule has 154 valence electrons. The molecule has 1 aromatic heterocycles. The molecule has 4 heteroatoms. The SMILES string of the molecule is CC=CC=CCc1ccccc1-c1cn(OC)cc(CC=CC(C)OCC)c1=O. The van der Waals surface area contributed by atoms with E-state index in [1.165, 1.54) is 0 Å². The van der Waals surface area contributed by atoms with Crippen LogP contribution in [0.1, 0.15) is 31.9 Å². The summed E-state index contributed by atoms with van der Waals surface area (Å²) < 4.78 is 7.11. The number of rotatable bonds is 10. The number of aromatic nitrogens is 1. The molecule has 0 bridgehead atoms. The van der Waals surface area contributed by atoms with Crippen LogP contribution in [-0.4, -0.2) is 24.6 Å². The molecule has 0 saturated carbocycles. The Morgan fingerprint density at radius 3 is 2.52 bits per heavy atom. The van der Waals surface area contributed by atoms with Crippen LogP contribution in [0.3, 0.4) is 0 Å². The minimum absolute atomic E-state index is 0.0249. The number of pyridine rings is 1. The Balaban J connectivity index is 2.40. The minimum atomic E-state index is 0.0249. The highest BCUT2D eigenvalue weighted by atomic mass is 16.6. The average Bonchev–Trinajstić information content (AvgIpc) is 2.73. The van der Waals surface area contributed by atoms with E-state index in [9.17, 15) is 4.79 Å². The predicted octanol–water partition coefficient (Wildman–Crippen LogP) is 4.77. The number of allylic oxidation sites excluding steroid dienone is 5. The van der Waals surface area contributed by atoms with Crippen LogP contribution in [0.5, 0.6) is 0 Å². The van der Waals surface area contributed by atoms with Gasteiger partial charge in [-0.2, -0.15) is 4.73 Å². The zero-order valence-electron chi connectivity index (χ0n) is 17.8. The second kappa shape index (κ2) is 11.9. The van der Waals surface area contributed by atoms with Crippen LogP contribution in [0.15, 0.2) is 77.9 Å². The fourth-order valence-electron chi connectivity index (χ4n) is 3.10. The number of hydrogen-bond acceptors (Lipinski definition) is 3. The van der Waals surface area contributed by atoms with Crippen molar-refractivity contribution in [2.45, 2.75) is 39.7 Å². The Bertz CT molecular complexity index is 922. The van der Waals surface area contributed by atoms with Crippen LogP contribution in [0.25, 0.3) is 11.1 Å². The largest absolute Gasteiger partial charge is 0.418 e. The molecule has 1 aromatic carbocycles. The van der Waals surface area contributed by atoms with Crippen molar-refractivity contribution in [3.05, 3.63) is 94.5 Å². The molecule has 0 radical (unpaired) electrons. The van der Waals surface area contributed by atoms with Gasteiger partial charge in [0, 0.05) is 17.7 Å². The first-order valence-electron chi connectivity index (χ1n) is 10.0. The molecule has 2 rings (SSSR count). The molecule has 0 saturated heterocycles. The minimum Gasteiger partial charge on any atom is -0.418 e. The maximum absolute atomic E-state index is 13.2. The maximum atomic E-state index is 13.2. The average molecular weight is 394 g/mol. The van der Waals surface area contributed by atoms with E-state index in [1.807, 2.05) is 69.4 Å². The molecule has 1 atom stereocenters. The molecule has 1 unspecified atom stereocenters. The topological polar surface area (TPSA) is 40.5 Å². The lowest BCUT2D eigenvalue weighted by Crippen LogP contribution is -2.18. The van der Waals surface area contributed by atoms with E-state index in [0.29, 0.717) is 24.2 Å². The summed E-state index contributed by atoms with van der Waals surface area (Å²) >= 11 is 0. The molecule has 0 aliphatic carbocycles. The van der Waals surface area contributed by atoms with Crippen molar-refractivity contribution in [2.75, 3.05) is 13.7 Å². The molecular weight excluding hydrogens is 362 g/mol. The zero-order chi connectivity index (χ0) is 21.1. The van der Waals surface area contributed by atoms with Gasteiger partial charge in [-0.3, -0.25) is 4.79 Å². The van der Waals surface area contributed by atoms with Crippen LogP contribution in [-0.2, 0) is 17.6 Å². The van der Waals surface area contributed by atoms with E-state index in [1.54, 1.807) is 24.2 Å². The Morgan fingerprint density at radius 1 is 1.03 bits per heavy atom. The second-order valence-electron chi connectivity index (χ2n) is 6.68. The van der Waals surface area contributed by atoms with Crippen LogP contribution >= 0.6 is 0 Å². The zero-order valence-corrected chi connectivity index (χ0v) is 17.8. The fraction of sp³-hybridized carbons (Fsp3) is 0.320. The Hall–Kier alpha value is -2.85. The summed E-state index contributed by atoms with van der Waals surface area (Å²) in [5.74, 6) is 0. The smallest absolute Gasteiger partial charge is 0.193 e. The van der Waals surface area contributed by atoms with Gasteiger partial charge in [0.15, 0.2) is 5.43 Å². The van der Waals surface area contributed by atoms with Gasteiger partial charge in [0.25, 0.3) is 0 Å². The summed E-state index contributed by atoms with van der Waals surface area (Å²) in [6.45, 7) is 6.61. The third-order valence-corrected chi connectivity index (χ3v) is 4.55. The summed E-state index contributed by atoms with van der Waals surface area (Å²) in [4.78, 5) is 18.6. The first-order chi connectivity index (χ1) is 14.1. The van der Waals surface area contributed by atoms with Crippen molar-refractivity contribution in [1.29, 1.82) is 0 Å². The molecule has 0 fully saturated rings. The van der Waals surface area contributed by atoms with Crippen molar-refractivity contribution < 1.29 is 9.57 Å². The lowest BCUT2D eigenvalue weighted by atomic mass is 9.97. The van der Waals surface area contributed by atoms with Gasteiger partial charge >= 0.3 is 0 Å². The van der Waals surface area contributed by atoms with Gasteiger partial charge in [-0.25, -0.2) is 0 Å². The van der Waals surface area contributed by atoms with Crippen LogP contribution in [0, 0.1) is 0 Å². The van der Waals surface area contributed by atoms with E-state index in [4.69, 9.17) is 9.57 Å². The van der Waals surface area contributed by atoms with Crippen molar-refractivity contribution >= 4 is 0 Å². The van der Waals surface area contributed by atoms with Gasteiger partial charge in [0.1, 0.15) is 7.11 Å². The Labute approximate surface area is 173 Å². The third-order valence-electron chi connectivity index (χ3n) is 4.55. The van der Waals surface area contributed by atoms with Gasteiger partial charge in [-0.1, -0.05) is 60.7 Å². The Kier molecular flexibility index (Phi) is 9.19. The summed E-state index contributed by atoms with van der Waals surface area (Å²) in [7, 11) is 1.59. The van der Waals surface area contributed by atoms with Gasteiger partial charge in [-0.15, -0.1) is 0 Å². The van der Waals surface area contributed by atoms with Crippen molar-refractivity contribution in [3.8, 4) is 11.1 Å². The molecular formula is C25H31NO3. The van der Waals surface area contributed by atoms with E-state index in [2.05, 4.69) is 12.1 Å². The van der Waals surface area contributed by atoms with Gasteiger partial charge in [0.2, 0.25) is 0 Å².